The van der Waals surface area contributed by atoms with Gasteiger partial charge in [0.25, 0.3) is 11.8 Å². The third-order valence-electron chi connectivity index (χ3n) is 3.88. The van der Waals surface area contributed by atoms with Gasteiger partial charge in [0.15, 0.2) is 0 Å². The van der Waals surface area contributed by atoms with Crippen molar-refractivity contribution in [3.63, 3.8) is 0 Å². The predicted octanol–water partition coefficient (Wildman–Crippen LogP) is 1.83. The lowest BCUT2D eigenvalue weighted by atomic mass is 9.91. The Morgan fingerprint density at radius 3 is 1.83 bits per heavy atom. The van der Waals surface area contributed by atoms with Gasteiger partial charge >= 0.3 is 0 Å². The van der Waals surface area contributed by atoms with Crippen molar-refractivity contribution in [2.24, 2.45) is 0 Å². The molecule has 4 heteroatoms. The smallest absolute Gasteiger partial charge is 0.262 e. The van der Waals surface area contributed by atoms with Crippen molar-refractivity contribution >= 4 is 11.8 Å². The summed E-state index contributed by atoms with van der Waals surface area (Å²) in [6, 6.07) is 6.80. The minimum atomic E-state index is -0.785. The zero-order chi connectivity index (χ0) is 13.3. The molecule has 0 aliphatic carbocycles. The van der Waals surface area contributed by atoms with Crippen molar-refractivity contribution in [2.75, 3.05) is 6.61 Å². The molecule has 0 bridgehead atoms. The number of benzene rings is 1. The first-order chi connectivity index (χ1) is 8.61. The molecular formula is C14H17NO3. The summed E-state index contributed by atoms with van der Waals surface area (Å²) in [5, 5.41) is 9.61. The van der Waals surface area contributed by atoms with Crippen LogP contribution >= 0.6 is 0 Å². The quantitative estimate of drug-likeness (QED) is 0.826. The minimum absolute atomic E-state index is 0.203. The molecule has 96 valence electrons. The van der Waals surface area contributed by atoms with E-state index in [1.807, 2.05) is 13.8 Å². The lowest BCUT2D eigenvalue weighted by Crippen LogP contribution is -2.53. The first-order valence-corrected chi connectivity index (χ1v) is 6.20. The van der Waals surface area contributed by atoms with Gasteiger partial charge in [-0.3, -0.25) is 14.5 Å². The van der Waals surface area contributed by atoms with Gasteiger partial charge in [0.1, 0.15) is 0 Å². The Balaban J connectivity index is 2.51. The van der Waals surface area contributed by atoms with Crippen LogP contribution in [0.5, 0.6) is 0 Å². The van der Waals surface area contributed by atoms with Gasteiger partial charge in [-0.15, -0.1) is 0 Å². The minimum Gasteiger partial charge on any atom is -0.394 e. The van der Waals surface area contributed by atoms with Crippen LogP contribution in [-0.2, 0) is 0 Å². The van der Waals surface area contributed by atoms with Crippen molar-refractivity contribution in [3.05, 3.63) is 35.4 Å². The zero-order valence-corrected chi connectivity index (χ0v) is 10.6. The molecule has 1 aliphatic heterocycles. The number of carbonyl (C=O) groups is 2. The summed E-state index contributed by atoms with van der Waals surface area (Å²) in [6.07, 6.45) is 1.09. The second-order valence-electron chi connectivity index (χ2n) is 4.58. The molecule has 1 aromatic carbocycles. The average molecular weight is 247 g/mol. The van der Waals surface area contributed by atoms with E-state index in [1.54, 1.807) is 24.3 Å². The summed E-state index contributed by atoms with van der Waals surface area (Å²) in [4.78, 5) is 25.9. The fourth-order valence-corrected chi connectivity index (χ4v) is 2.48. The Hall–Kier alpha value is -1.68. The predicted molar refractivity (Wildman–Crippen MR) is 67.3 cm³/mol. The van der Waals surface area contributed by atoms with Gasteiger partial charge in [-0.25, -0.2) is 0 Å². The van der Waals surface area contributed by atoms with Gasteiger partial charge in [-0.1, -0.05) is 26.0 Å². The van der Waals surface area contributed by atoms with Crippen molar-refractivity contribution in [2.45, 2.75) is 32.2 Å². The molecule has 0 spiro atoms. The molecule has 18 heavy (non-hydrogen) atoms. The molecule has 1 heterocycles. The Morgan fingerprint density at radius 2 is 1.50 bits per heavy atom. The fourth-order valence-electron chi connectivity index (χ4n) is 2.48. The van der Waals surface area contributed by atoms with Crippen LogP contribution < -0.4 is 0 Å². The number of hydrogen-bond donors (Lipinski definition) is 1. The number of imide groups is 1. The number of aliphatic hydroxyl groups excluding tert-OH is 1. The van der Waals surface area contributed by atoms with E-state index in [-0.39, 0.29) is 18.4 Å². The number of hydrogen-bond acceptors (Lipinski definition) is 3. The molecule has 4 nitrogen and oxygen atoms in total. The molecule has 1 N–H and O–H groups in total. The van der Waals surface area contributed by atoms with E-state index in [4.69, 9.17) is 0 Å². The van der Waals surface area contributed by atoms with E-state index < -0.39 is 5.54 Å². The topological polar surface area (TPSA) is 57.6 Å². The second kappa shape index (κ2) is 4.53. The summed E-state index contributed by atoms with van der Waals surface area (Å²) in [5.41, 5.74) is 0.0807. The van der Waals surface area contributed by atoms with E-state index >= 15 is 0 Å². The third kappa shape index (κ3) is 1.56. The van der Waals surface area contributed by atoms with Crippen molar-refractivity contribution in [1.29, 1.82) is 0 Å². The van der Waals surface area contributed by atoms with Crippen molar-refractivity contribution < 1.29 is 14.7 Å². The molecule has 0 unspecified atom stereocenters. The Kier molecular flexibility index (Phi) is 3.22. The van der Waals surface area contributed by atoms with Crippen LogP contribution in [0.1, 0.15) is 47.4 Å². The largest absolute Gasteiger partial charge is 0.394 e. The molecule has 0 fully saturated rings. The molecule has 0 saturated heterocycles. The second-order valence-corrected chi connectivity index (χ2v) is 4.58. The molecular weight excluding hydrogens is 230 g/mol. The lowest BCUT2D eigenvalue weighted by molar-refractivity contribution is 0.0220. The van der Waals surface area contributed by atoms with Crippen molar-refractivity contribution in [3.8, 4) is 0 Å². The highest BCUT2D eigenvalue weighted by Gasteiger charge is 2.46. The highest BCUT2D eigenvalue weighted by Crippen LogP contribution is 2.33. The Morgan fingerprint density at radius 1 is 1.06 bits per heavy atom. The van der Waals surface area contributed by atoms with E-state index in [2.05, 4.69) is 0 Å². The monoisotopic (exact) mass is 247 g/mol. The number of nitrogens with zero attached hydrogens (tertiary/aromatic N) is 1. The van der Waals surface area contributed by atoms with Gasteiger partial charge in [-0.05, 0) is 25.0 Å². The molecule has 1 aliphatic rings. The number of rotatable bonds is 4. The first-order valence-electron chi connectivity index (χ1n) is 6.20. The Labute approximate surface area is 106 Å². The standard InChI is InChI=1S/C14H17NO3/c1-3-14(4-2,9-16)15-12(17)10-7-5-6-8-11(10)13(15)18/h5-8,16H,3-4,9H2,1-2H3. The van der Waals surface area contributed by atoms with Crippen LogP contribution in [0.3, 0.4) is 0 Å². The molecule has 0 radical (unpaired) electrons. The molecule has 0 aromatic heterocycles. The number of carbonyl (C=O) groups excluding carboxylic acids is 2. The van der Waals surface area contributed by atoms with Crippen molar-refractivity contribution in [1.82, 2.24) is 4.90 Å². The van der Waals surface area contributed by atoms with Gasteiger partial charge in [0.2, 0.25) is 0 Å². The van der Waals surface area contributed by atoms with Gasteiger partial charge < -0.3 is 5.11 Å². The van der Waals surface area contributed by atoms with E-state index in [0.717, 1.165) is 0 Å². The Bertz CT molecular complexity index is 448. The summed E-state index contributed by atoms with van der Waals surface area (Å²) in [7, 11) is 0. The fraction of sp³-hybridized carbons (Fsp3) is 0.429. The number of amides is 2. The van der Waals surface area contributed by atoms with Gasteiger partial charge in [0, 0.05) is 0 Å². The van der Waals surface area contributed by atoms with Crippen LogP contribution in [0.2, 0.25) is 0 Å². The maximum Gasteiger partial charge on any atom is 0.262 e. The number of aliphatic hydroxyl groups is 1. The van der Waals surface area contributed by atoms with Crippen LogP contribution in [0.15, 0.2) is 24.3 Å². The molecule has 2 rings (SSSR count). The van der Waals surface area contributed by atoms with E-state index in [0.29, 0.717) is 24.0 Å². The third-order valence-corrected chi connectivity index (χ3v) is 3.88. The van der Waals surface area contributed by atoms with Crippen LogP contribution in [0.4, 0.5) is 0 Å². The SMILES string of the molecule is CCC(CC)(CO)N1C(=O)c2ccccc2C1=O. The summed E-state index contributed by atoms with van der Waals surface area (Å²) in [6.45, 7) is 3.55. The lowest BCUT2D eigenvalue weighted by Gasteiger charge is -2.37. The molecule has 0 saturated carbocycles. The normalized spacial score (nSPS) is 15.2. The summed E-state index contributed by atoms with van der Waals surface area (Å²) >= 11 is 0. The maximum absolute atomic E-state index is 12.3. The average Bonchev–Trinajstić information content (AvgIpc) is 2.67. The van der Waals surface area contributed by atoms with Gasteiger partial charge in [0.05, 0.1) is 23.3 Å². The molecule has 2 amide bonds. The first kappa shape index (κ1) is 12.8. The van der Waals surface area contributed by atoms with E-state index in [1.165, 1.54) is 4.90 Å². The van der Waals surface area contributed by atoms with Gasteiger partial charge in [-0.2, -0.15) is 0 Å². The zero-order valence-electron chi connectivity index (χ0n) is 10.6. The van der Waals surface area contributed by atoms with Crippen LogP contribution in [0, 0.1) is 0 Å². The maximum atomic E-state index is 12.3. The summed E-state index contributed by atoms with van der Waals surface area (Å²) < 4.78 is 0. The van der Waals surface area contributed by atoms with Crippen LogP contribution in [0.25, 0.3) is 0 Å². The highest BCUT2D eigenvalue weighted by molar-refractivity contribution is 6.21. The molecule has 1 aromatic rings. The highest BCUT2D eigenvalue weighted by atomic mass is 16.3. The van der Waals surface area contributed by atoms with Crippen LogP contribution in [-0.4, -0.2) is 34.0 Å². The molecule has 0 atom stereocenters. The van der Waals surface area contributed by atoms with E-state index in [9.17, 15) is 14.7 Å². The number of fused-ring (bicyclic) bond motifs is 1. The summed E-state index contributed by atoms with van der Waals surface area (Å²) in [5.74, 6) is -0.596.